The van der Waals surface area contributed by atoms with Gasteiger partial charge < -0.3 is 14.6 Å². The van der Waals surface area contributed by atoms with E-state index in [2.05, 4.69) is 9.97 Å². The molecule has 1 amide bonds. The number of pyridine rings is 1. The highest BCUT2D eigenvalue weighted by atomic mass is 32.1. The van der Waals surface area contributed by atoms with Crippen LogP contribution in [0.4, 0.5) is 5.13 Å². The van der Waals surface area contributed by atoms with E-state index in [0.717, 1.165) is 4.70 Å². The molecule has 1 saturated heterocycles. The van der Waals surface area contributed by atoms with Crippen molar-refractivity contribution in [2.75, 3.05) is 18.1 Å². The molecule has 0 aliphatic carbocycles. The Morgan fingerprint density at radius 2 is 1.64 bits per heavy atom. The maximum Gasteiger partial charge on any atom is 0.301 e. The van der Waals surface area contributed by atoms with E-state index in [1.54, 1.807) is 48.8 Å². The third-order valence-electron chi connectivity index (χ3n) is 5.77. The molecule has 1 fully saturated rings. The number of aliphatic hydroxyl groups excluding tert-OH is 1. The molecule has 9 heteroatoms. The summed E-state index contributed by atoms with van der Waals surface area (Å²) >= 11 is 1.28. The lowest BCUT2D eigenvalue weighted by Crippen LogP contribution is -2.29. The Hall–Kier alpha value is -4.24. The second-order valence-electron chi connectivity index (χ2n) is 7.97. The van der Waals surface area contributed by atoms with Crippen LogP contribution in [0.2, 0.25) is 0 Å². The number of nitrogens with zero attached hydrogens (tertiary/aromatic N) is 3. The fourth-order valence-electron chi connectivity index (χ4n) is 4.17. The van der Waals surface area contributed by atoms with Crippen LogP contribution in [-0.2, 0) is 9.59 Å². The Morgan fingerprint density at radius 3 is 2.33 bits per heavy atom. The molecule has 4 aromatic rings. The smallest absolute Gasteiger partial charge is 0.301 e. The highest BCUT2D eigenvalue weighted by Crippen LogP contribution is 2.44. The summed E-state index contributed by atoms with van der Waals surface area (Å²) in [6, 6.07) is 14.8. The number of aliphatic hydroxyl groups is 1. The van der Waals surface area contributed by atoms with E-state index in [0.29, 0.717) is 46.5 Å². The van der Waals surface area contributed by atoms with Gasteiger partial charge in [-0.2, -0.15) is 0 Å². The predicted molar refractivity (Wildman–Crippen MR) is 137 cm³/mol. The van der Waals surface area contributed by atoms with Crippen molar-refractivity contribution in [3.63, 3.8) is 0 Å². The van der Waals surface area contributed by atoms with E-state index in [1.807, 2.05) is 32.0 Å². The molecule has 1 aliphatic heterocycles. The van der Waals surface area contributed by atoms with Crippen LogP contribution in [0.5, 0.6) is 11.5 Å². The molecule has 0 radical (unpaired) electrons. The summed E-state index contributed by atoms with van der Waals surface area (Å²) in [6.45, 7) is 4.82. The maximum atomic E-state index is 13.4. The first-order chi connectivity index (χ1) is 17.5. The number of carbonyl (C=O) groups excluding carboxylic acids is 2. The number of anilines is 1. The van der Waals surface area contributed by atoms with Crippen molar-refractivity contribution < 1.29 is 24.2 Å². The van der Waals surface area contributed by atoms with Crippen LogP contribution >= 0.6 is 11.3 Å². The highest BCUT2D eigenvalue weighted by Gasteiger charge is 2.48. The van der Waals surface area contributed by atoms with Gasteiger partial charge in [0.1, 0.15) is 17.3 Å². The lowest BCUT2D eigenvalue weighted by Gasteiger charge is -2.22. The molecule has 1 unspecified atom stereocenters. The normalized spacial score (nSPS) is 17.1. The second kappa shape index (κ2) is 9.79. The highest BCUT2D eigenvalue weighted by molar-refractivity contribution is 7.22. The van der Waals surface area contributed by atoms with E-state index >= 15 is 0 Å². The molecule has 1 aliphatic rings. The molecule has 1 N–H and O–H groups in total. The van der Waals surface area contributed by atoms with Crippen molar-refractivity contribution >= 4 is 44.1 Å². The van der Waals surface area contributed by atoms with Crippen LogP contribution in [0.25, 0.3) is 16.0 Å². The zero-order valence-corrected chi connectivity index (χ0v) is 20.5. The molecule has 2 aromatic carbocycles. The Kier molecular flexibility index (Phi) is 6.39. The zero-order valence-electron chi connectivity index (χ0n) is 19.7. The van der Waals surface area contributed by atoms with Gasteiger partial charge in [-0.15, -0.1) is 0 Å². The van der Waals surface area contributed by atoms with E-state index in [-0.39, 0.29) is 11.3 Å². The van der Waals surface area contributed by atoms with Gasteiger partial charge in [0.15, 0.2) is 5.13 Å². The van der Waals surface area contributed by atoms with Crippen molar-refractivity contribution in [3.8, 4) is 11.5 Å². The molecular weight excluding hydrogens is 478 g/mol. The minimum Gasteiger partial charge on any atom is -0.507 e. The Bertz CT molecular complexity index is 1460. The Balaban J connectivity index is 1.64. The maximum absolute atomic E-state index is 13.4. The number of aromatic nitrogens is 2. The summed E-state index contributed by atoms with van der Waals surface area (Å²) in [5, 5.41) is 11.6. The number of amides is 1. The third kappa shape index (κ3) is 4.18. The second-order valence-corrected chi connectivity index (χ2v) is 8.98. The first kappa shape index (κ1) is 23.5. The summed E-state index contributed by atoms with van der Waals surface area (Å²) in [6.07, 6.45) is 3.16. The van der Waals surface area contributed by atoms with Crippen molar-refractivity contribution in [2.45, 2.75) is 19.9 Å². The van der Waals surface area contributed by atoms with Gasteiger partial charge in [-0.05, 0) is 74.0 Å². The van der Waals surface area contributed by atoms with Crippen molar-refractivity contribution in [3.05, 3.63) is 83.7 Å². The average Bonchev–Trinajstić information content (AvgIpc) is 3.43. The van der Waals surface area contributed by atoms with Gasteiger partial charge in [0.2, 0.25) is 0 Å². The molecule has 5 rings (SSSR count). The number of thiazole rings is 1. The lowest BCUT2D eigenvalue weighted by molar-refractivity contribution is -0.132. The fraction of sp³-hybridized carbons (Fsp3) is 0.185. The molecule has 0 spiro atoms. The number of ketones is 1. The van der Waals surface area contributed by atoms with Gasteiger partial charge in [0, 0.05) is 18.0 Å². The standard InChI is InChI=1S/C27H23N3O5S/c1-3-34-18-7-5-17(6-8-18)24(31)22-23(16-11-13-28-14-12-16)30(26(33)25(22)32)27-29-20-10-9-19(35-4-2)15-21(20)36-27/h5-15,23,31H,3-4H2,1-2H3. The van der Waals surface area contributed by atoms with Crippen LogP contribution < -0.4 is 14.4 Å². The van der Waals surface area contributed by atoms with E-state index < -0.39 is 17.7 Å². The Morgan fingerprint density at radius 1 is 0.972 bits per heavy atom. The van der Waals surface area contributed by atoms with E-state index in [1.165, 1.54) is 16.2 Å². The van der Waals surface area contributed by atoms with Crippen molar-refractivity contribution in [1.29, 1.82) is 0 Å². The summed E-state index contributed by atoms with van der Waals surface area (Å²) < 4.78 is 11.9. The number of carbonyl (C=O) groups is 2. The van der Waals surface area contributed by atoms with Crippen LogP contribution in [0.3, 0.4) is 0 Å². The molecule has 2 aromatic heterocycles. The minimum absolute atomic E-state index is 0.00961. The number of hydrogen-bond acceptors (Lipinski definition) is 8. The number of hydrogen-bond donors (Lipinski definition) is 1. The Labute approximate surface area is 211 Å². The average molecular weight is 502 g/mol. The predicted octanol–water partition coefficient (Wildman–Crippen LogP) is 5.12. The van der Waals surface area contributed by atoms with E-state index in [9.17, 15) is 14.7 Å². The number of rotatable bonds is 7. The summed E-state index contributed by atoms with van der Waals surface area (Å²) in [5.41, 5.74) is 1.71. The monoisotopic (exact) mass is 501 g/mol. The van der Waals surface area contributed by atoms with Crippen LogP contribution in [0.15, 0.2) is 72.6 Å². The van der Waals surface area contributed by atoms with Gasteiger partial charge in [0.25, 0.3) is 5.78 Å². The van der Waals surface area contributed by atoms with Gasteiger partial charge in [-0.1, -0.05) is 11.3 Å². The summed E-state index contributed by atoms with van der Waals surface area (Å²) in [4.78, 5) is 36.7. The largest absolute Gasteiger partial charge is 0.507 e. The number of fused-ring (bicyclic) bond motifs is 1. The van der Waals surface area contributed by atoms with Gasteiger partial charge in [-0.3, -0.25) is 19.5 Å². The van der Waals surface area contributed by atoms with Crippen LogP contribution in [0, 0.1) is 0 Å². The molecule has 0 saturated carbocycles. The summed E-state index contributed by atoms with van der Waals surface area (Å²) in [5.74, 6) is -0.462. The third-order valence-corrected chi connectivity index (χ3v) is 6.79. The molecular formula is C27H23N3O5S. The lowest BCUT2D eigenvalue weighted by atomic mass is 9.96. The van der Waals surface area contributed by atoms with E-state index in [4.69, 9.17) is 9.47 Å². The fourth-order valence-corrected chi connectivity index (χ4v) is 5.20. The van der Waals surface area contributed by atoms with Crippen LogP contribution in [0.1, 0.15) is 31.0 Å². The molecule has 0 bridgehead atoms. The number of benzene rings is 2. The molecule has 182 valence electrons. The van der Waals surface area contributed by atoms with Gasteiger partial charge >= 0.3 is 5.91 Å². The minimum atomic E-state index is -0.869. The van der Waals surface area contributed by atoms with Crippen molar-refractivity contribution in [2.24, 2.45) is 0 Å². The number of Topliss-reactive ketones (excluding diaryl/α,β-unsaturated/α-hetero) is 1. The first-order valence-corrected chi connectivity index (χ1v) is 12.3. The number of ether oxygens (including phenoxy) is 2. The van der Waals surface area contributed by atoms with Gasteiger partial charge in [-0.25, -0.2) is 4.98 Å². The molecule has 36 heavy (non-hydrogen) atoms. The SMILES string of the molecule is CCOc1ccc(C(O)=C2C(=O)C(=O)N(c3nc4ccc(OCC)cc4s3)C2c2ccncc2)cc1. The molecule has 3 heterocycles. The summed E-state index contributed by atoms with van der Waals surface area (Å²) in [7, 11) is 0. The molecule has 1 atom stereocenters. The first-order valence-electron chi connectivity index (χ1n) is 11.5. The van der Waals surface area contributed by atoms with Crippen molar-refractivity contribution in [1.82, 2.24) is 9.97 Å². The molecule has 8 nitrogen and oxygen atoms in total. The van der Waals surface area contributed by atoms with Crippen LogP contribution in [-0.4, -0.2) is 40.0 Å². The quantitative estimate of drug-likeness (QED) is 0.213. The zero-order chi connectivity index (χ0) is 25.2. The topological polar surface area (TPSA) is 102 Å². The van der Waals surface area contributed by atoms with Gasteiger partial charge in [0.05, 0.1) is 35.0 Å².